The summed E-state index contributed by atoms with van der Waals surface area (Å²) in [5.74, 6) is -0.384. The van der Waals surface area contributed by atoms with E-state index in [0.717, 1.165) is 6.07 Å². The molecule has 1 aromatic carbocycles. The highest BCUT2D eigenvalue weighted by molar-refractivity contribution is 5.94. The number of halogens is 3. The lowest BCUT2D eigenvalue weighted by Crippen LogP contribution is -2.17. The van der Waals surface area contributed by atoms with Crippen LogP contribution in [0.4, 0.5) is 13.2 Å². The minimum absolute atomic E-state index is 0.0831. The molecular weight excluding hydrogens is 311 g/mol. The summed E-state index contributed by atoms with van der Waals surface area (Å²) in [5.41, 5.74) is 4.87. The van der Waals surface area contributed by atoms with Crippen molar-refractivity contribution < 1.29 is 22.7 Å². The number of nitrogens with one attached hydrogen (secondary N) is 1. The van der Waals surface area contributed by atoms with Crippen LogP contribution in [0.3, 0.4) is 0 Å². The van der Waals surface area contributed by atoms with Gasteiger partial charge in [0, 0.05) is 25.2 Å². The summed E-state index contributed by atoms with van der Waals surface area (Å²) in [6.45, 7) is -0.0831. The first-order valence-electron chi connectivity index (χ1n) is 6.61. The third-order valence-corrected chi connectivity index (χ3v) is 2.93. The van der Waals surface area contributed by atoms with Gasteiger partial charge < -0.3 is 15.8 Å². The topological polar surface area (TPSA) is 77.2 Å². The van der Waals surface area contributed by atoms with E-state index in [2.05, 4.69) is 10.3 Å². The number of alkyl halides is 3. The molecule has 0 saturated heterocycles. The highest BCUT2D eigenvalue weighted by Crippen LogP contribution is 2.31. The summed E-state index contributed by atoms with van der Waals surface area (Å²) in [6, 6.07) is 8.21. The smallest absolute Gasteiger partial charge is 0.433 e. The molecule has 2 rings (SSSR count). The molecule has 0 bridgehead atoms. The van der Waals surface area contributed by atoms with Crippen LogP contribution in [0, 0.1) is 0 Å². The zero-order valence-electron chi connectivity index (χ0n) is 12.1. The first-order chi connectivity index (χ1) is 10.8. The Morgan fingerprint density at radius 3 is 2.65 bits per heavy atom. The number of benzene rings is 1. The van der Waals surface area contributed by atoms with Crippen molar-refractivity contribution in [3.8, 4) is 11.6 Å². The fraction of sp³-hybridized carbons (Fsp3) is 0.200. The molecule has 0 aliphatic rings. The van der Waals surface area contributed by atoms with Crippen LogP contribution in [0.15, 0.2) is 36.4 Å². The molecule has 1 aromatic heterocycles. The van der Waals surface area contributed by atoms with Crippen molar-refractivity contribution in [2.45, 2.75) is 12.7 Å². The standard InChI is InChI=1S/C15H14F3N3O2/c1-20-14(22)10-3-2-4-11(7-10)23-13-6-9(8-19)5-12(21-13)15(16,17)18/h2-7H,8,19H2,1H3,(H,20,22). The lowest BCUT2D eigenvalue weighted by molar-refractivity contribution is -0.141. The molecule has 3 N–H and O–H groups in total. The van der Waals surface area contributed by atoms with Crippen molar-refractivity contribution >= 4 is 5.91 Å². The minimum Gasteiger partial charge on any atom is -0.439 e. The Kier molecular flexibility index (Phi) is 4.85. The highest BCUT2D eigenvalue weighted by Gasteiger charge is 2.33. The maximum absolute atomic E-state index is 12.8. The predicted molar refractivity (Wildman–Crippen MR) is 77.0 cm³/mol. The van der Waals surface area contributed by atoms with E-state index in [1.54, 1.807) is 12.1 Å². The summed E-state index contributed by atoms with van der Waals surface area (Å²) in [6.07, 6.45) is -4.60. The van der Waals surface area contributed by atoms with E-state index in [4.69, 9.17) is 10.5 Å². The van der Waals surface area contributed by atoms with E-state index in [1.165, 1.54) is 25.2 Å². The van der Waals surface area contributed by atoms with Gasteiger partial charge in [-0.2, -0.15) is 13.2 Å². The Balaban J connectivity index is 2.34. The van der Waals surface area contributed by atoms with Crippen LogP contribution < -0.4 is 15.8 Å². The second-order valence-electron chi connectivity index (χ2n) is 4.61. The molecule has 1 amide bonds. The van der Waals surface area contributed by atoms with Crippen molar-refractivity contribution in [1.29, 1.82) is 0 Å². The van der Waals surface area contributed by atoms with Crippen LogP contribution in [0.25, 0.3) is 0 Å². The number of pyridine rings is 1. The first kappa shape index (κ1) is 16.8. The molecule has 122 valence electrons. The van der Waals surface area contributed by atoms with Gasteiger partial charge in [-0.15, -0.1) is 0 Å². The summed E-state index contributed by atoms with van der Waals surface area (Å²) >= 11 is 0. The van der Waals surface area contributed by atoms with E-state index in [-0.39, 0.29) is 29.6 Å². The zero-order valence-corrected chi connectivity index (χ0v) is 12.1. The van der Waals surface area contributed by atoms with Crippen LogP contribution in [0.5, 0.6) is 11.6 Å². The van der Waals surface area contributed by atoms with Gasteiger partial charge in [-0.05, 0) is 29.8 Å². The SMILES string of the molecule is CNC(=O)c1cccc(Oc2cc(CN)cc(C(F)(F)F)n2)c1. The average Bonchev–Trinajstić information content (AvgIpc) is 2.53. The van der Waals surface area contributed by atoms with Gasteiger partial charge in [0.15, 0.2) is 0 Å². The summed E-state index contributed by atoms with van der Waals surface area (Å²) < 4.78 is 43.8. The molecule has 2 aromatic rings. The Hall–Kier alpha value is -2.61. The number of nitrogens with two attached hydrogens (primary N) is 1. The number of carbonyl (C=O) groups is 1. The van der Waals surface area contributed by atoms with Crippen molar-refractivity contribution in [3.63, 3.8) is 0 Å². The number of amides is 1. The molecule has 23 heavy (non-hydrogen) atoms. The van der Waals surface area contributed by atoms with Crippen molar-refractivity contribution in [1.82, 2.24) is 10.3 Å². The van der Waals surface area contributed by atoms with Crippen LogP contribution in [-0.2, 0) is 12.7 Å². The molecule has 8 heteroatoms. The number of nitrogens with zero attached hydrogens (tertiary/aromatic N) is 1. The van der Waals surface area contributed by atoms with E-state index in [9.17, 15) is 18.0 Å². The quantitative estimate of drug-likeness (QED) is 0.906. The molecule has 0 radical (unpaired) electrons. The number of hydrogen-bond acceptors (Lipinski definition) is 4. The van der Waals surface area contributed by atoms with Gasteiger partial charge in [-0.1, -0.05) is 6.07 Å². The van der Waals surface area contributed by atoms with Gasteiger partial charge >= 0.3 is 6.18 Å². The normalized spacial score (nSPS) is 11.2. The monoisotopic (exact) mass is 325 g/mol. The van der Waals surface area contributed by atoms with Gasteiger partial charge in [0.1, 0.15) is 11.4 Å². The van der Waals surface area contributed by atoms with Crippen LogP contribution >= 0.6 is 0 Å². The van der Waals surface area contributed by atoms with E-state index >= 15 is 0 Å². The fourth-order valence-electron chi connectivity index (χ4n) is 1.84. The van der Waals surface area contributed by atoms with Gasteiger partial charge in [-0.3, -0.25) is 4.79 Å². The summed E-state index contributed by atoms with van der Waals surface area (Å²) in [7, 11) is 1.47. The third-order valence-electron chi connectivity index (χ3n) is 2.93. The highest BCUT2D eigenvalue weighted by atomic mass is 19.4. The van der Waals surface area contributed by atoms with Crippen molar-refractivity contribution in [3.05, 3.63) is 53.2 Å². The molecule has 0 aliphatic heterocycles. The second-order valence-corrected chi connectivity index (χ2v) is 4.61. The average molecular weight is 325 g/mol. The van der Waals surface area contributed by atoms with Crippen molar-refractivity contribution in [2.24, 2.45) is 5.73 Å². The maximum atomic E-state index is 12.8. The Morgan fingerprint density at radius 1 is 1.30 bits per heavy atom. The van der Waals surface area contributed by atoms with E-state index in [0.29, 0.717) is 5.56 Å². The molecule has 0 fully saturated rings. The van der Waals surface area contributed by atoms with E-state index < -0.39 is 11.9 Å². The third kappa shape index (κ3) is 4.19. The molecule has 0 spiro atoms. The van der Waals surface area contributed by atoms with Crippen LogP contribution in [0.1, 0.15) is 21.6 Å². The number of rotatable bonds is 4. The lowest BCUT2D eigenvalue weighted by atomic mass is 10.2. The fourth-order valence-corrected chi connectivity index (χ4v) is 1.84. The maximum Gasteiger partial charge on any atom is 0.433 e. The van der Waals surface area contributed by atoms with Crippen molar-refractivity contribution in [2.75, 3.05) is 7.05 Å². The van der Waals surface area contributed by atoms with Gasteiger partial charge in [0.25, 0.3) is 5.91 Å². The van der Waals surface area contributed by atoms with Crippen LogP contribution in [0.2, 0.25) is 0 Å². The predicted octanol–water partition coefficient (Wildman–Crippen LogP) is 2.71. The summed E-state index contributed by atoms with van der Waals surface area (Å²) in [4.78, 5) is 15.0. The number of aromatic nitrogens is 1. The zero-order chi connectivity index (χ0) is 17.0. The molecule has 0 unspecified atom stereocenters. The number of hydrogen-bond donors (Lipinski definition) is 2. The number of ether oxygens (including phenoxy) is 1. The minimum atomic E-state index is -4.60. The molecule has 0 atom stereocenters. The molecular formula is C15H14F3N3O2. The molecule has 5 nitrogen and oxygen atoms in total. The molecule has 1 heterocycles. The number of carbonyl (C=O) groups excluding carboxylic acids is 1. The van der Waals surface area contributed by atoms with Gasteiger partial charge in [0.05, 0.1) is 0 Å². The van der Waals surface area contributed by atoms with Crippen LogP contribution in [-0.4, -0.2) is 17.9 Å². The van der Waals surface area contributed by atoms with Gasteiger partial charge in [-0.25, -0.2) is 4.98 Å². The largest absolute Gasteiger partial charge is 0.439 e. The Bertz CT molecular complexity index is 717. The first-order valence-corrected chi connectivity index (χ1v) is 6.61. The lowest BCUT2D eigenvalue weighted by Gasteiger charge is -2.11. The van der Waals surface area contributed by atoms with E-state index in [1.807, 2.05) is 0 Å². The summed E-state index contributed by atoms with van der Waals surface area (Å²) in [5, 5.41) is 2.44. The molecule has 0 saturated carbocycles. The second kappa shape index (κ2) is 6.66. The molecule has 0 aliphatic carbocycles. The Morgan fingerprint density at radius 2 is 2.04 bits per heavy atom. The Labute approximate surface area is 130 Å². The van der Waals surface area contributed by atoms with Gasteiger partial charge in [0.2, 0.25) is 5.88 Å².